The van der Waals surface area contributed by atoms with E-state index in [0.29, 0.717) is 66.0 Å². The number of carbonyl (C=O) groups is 3. The molecule has 1 aromatic heterocycles. The molecule has 3 heterocycles. The summed E-state index contributed by atoms with van der Waals surface area (Å²) in [6, 6.07) is 13.3. The first-order valence-corrected chi connectivity index (χ1v) is 13.8. The van der Waals surface area contributed by atoms with Crippen LogP contribution in [0.3, 0.4) is 0 Å². The highest BCUT2D eigenvalue weighted by Crippen LogP contribution is 2.37. The van der Waals surface area contributed by atoms with Crippen molar-refractivity contribution in [3.63, 3.8) is 0 Å². The minimum Gasteiger partial charge on any atom is -0.465 e. The topological polar surface area (TPSA) is 103 Å². The number of hydrogen-bond acceptors (Lipinski definition) is 4. The first-order chi connectivity index (χ1) is 19.6. The summed E-state index contributed by atoms with van der Waals surface area (Å²) in [5, 5.41) is 12.4. The van der Waals surface area contributed by atoms with Gasteiger partial charge in [-0.1, -0.05) is 37.1 Å². The summed E-state index contributed by atoms with van der Waals surface area (Å²) in [4.78, 5) is 45.6. The van der Waals surface area contributed by atoms with Gasteiger partial charge in [0.05, 0.1) is 22.4 Å². The second kappa shape index (κ2) is 11.7. The first-order valence-electron chi connectivity index (χ1n) is 13.5. The number of carbonyl (C=O) groups excluding carboxylic acids is 2. The molecule has 3 amide bonds. The van der Waals surface area contributed by atoms with Crippen LogP contribution >= 0.6 is 11.6 Å². The van der Waals surface area contributed by atoms with Gasteiger partial charge in [-0.3, -0.25) is 19.5 Å². The van der Waals surface area contributed by atoms with Gasteiger partial charge in [-0.25, -0.2) is 9.18 Å². The lowest BCUT2D eigenvalue weighted by Crippen LogP contribution is -2.37. The number of fused-ring (bicyclic) bond motifs is 4. The fourth-order valence-electron chi connectivity index (χ4n) is 5.42. The Bertz CT molecular complexity index is 1560. The normalized spacial score (nSPS) is 19.3. The summed E-state index contributed by atoms with van der Waals surface area (Å²) in [5.74, 6) is -1.24. The summed E-state index contributed by atoms with van der Waals surface area (Å²) < 4.78 is 14.7. The molecule has 5 rings (SSSR count). The molecule has 212 valence electrons. The van der Waals surface area contributed by atoms with Crippen molar-refractivity contribution in [2.75, 3.05) is 23.8 Å². The number of carboxylic acid groups (broad SMARTS) is 1. The van der Waals surface area contributed by atoms with Crippen LogP contribution in [0.5, 0.6) is 0 Å². The Kier molecular flexibility index (Phi) is 8.08. The van der Waals surface area contributed by atoms with Gasteiger partial charge in [0.25, 0.3) is 0 Å². The van der Waals surface area contributed by atoms with Crippen molar-refractivity contribution < 1.29 is 23.9 Å². The third kappa shape index (κ3) is 5.81. The van der Waals surface area contributed by atoms with Gasteiger partial charge in [0.15, 0.2) is 0 Å². The maximum Gasteiger partial charge on any atom is 0.411 e. The summed E-state index contributed by atoms with van der Waals surface area (Å²) in [5.41, 5.74) is 3.92. The Morgan fingerprint density at radius 3 is 2.71 bits per heavy atom. The van der Waals surface area contributed by atoms with Crippen LogP contribution < -0.4 is 10.2 Å². The van der Waals surface area contributed by atoms with E-state index < -0.39 is 11.9 Å². The van der Waals surface area contributed by atoms with Crippen molar-refractivity contribution in [2.45, 2.75) is 38.6 Å². The molecule has 2 aromatic carbocycles. The number of amides is 3. The smallest absolute Gasteiger partial charge is 0.411 e. The zero-order valence-corrected chi connectivity index (χ0v) is 23.5. The molecule has 2 bridgehead atoms. The van der Waals surface area contributed by atoms with Crippen LogP contribution in [0, 0.1) is 11.7 Å². The molecule has 3 aromatic rings. The lowest BCUT2D eigenvalue weighted by atomic mass is 9.91. The fourth-order valence-corrected chi connectivity index (χ4v) is 5.59. The van der Waals surface area contributed by atoms with Gasteiger partial charge in [0.2, 0.25) is 11.8 Å². The maximum absolute atomic E-state index is 14.7. The lowest BCUT2D eigenvalue weighted by Gasteiger charge is -2.35. The molecule has 0 radical (unpaired) electrons. The number of halogens is 2. The van der Waals surface area contributed by atoms with E-state index in [9.17, 15) is 23.9 Å². The summed E-state index contributed by atoms with van der Waals surface area (Å²) >= 11 is 5.98. The summed E-state index contributed by atoms with van der Waals surface area (Å²) in [6.45, 7) is 2.25. The largest absolute Gasteiger partial charge is 0.465 e. The molecule has 0 saturated heterocycles. The number of nitrogens with zero attached hydrogens (tertiary/aromatic N) is 3. The van der Waals surface area contributed by atoms with Crippen LogP contribution in [0.25, 0.3) is 16.8 Å². The quantitative estimate of drug-likeness (QED) is 0.358. The van der Waals surface area contributed by atoms with Gasteiger partial charge in [-0.05, 0) is 66.8 Å². The molecule has 0 saturated carbocycles. The van der Waals surface area contributed by atoms with Crippen molar-refractivity contribution in [3.05, 3.63) is 82.8 Å². The average Bonchev–Trinajstić information content (AvgIpc) is 2.96. The van der Waals surface area contributed by atoms with Crippen molar-refractivity contribution in [3.8, 4) is 11.3 Å². The third-order valence-corrected chi connectivity index (χ3v) is 8.11. The number of benzene rings is 2. The number of nitrogens with one attached hydrogen (secondary N) is 1. The Morgan fingerprint density at radius 1 is 1.15 bits per heavy atom. The Labute approximate surface area is 242 Å². The Balaban J connectivity index is 1.53. The van der Waals surface area contributed by atoms with Crippen LogP contribution in [0.15, 0.2) is 60.8 Å². The monoisotopic (exact) mass is 576 g/mol. The molecule has 2 atom stereocenters. The predicted octanol–water partition coefficient (Wildman–Crippen LogP) is 6.77. The second-order valence-corrected chi connectivity index (χ2v) is 10.8. The van der Waals surface area contributed by atoms with Crippen LogP contribution in [-0.2, 0) is 9.59 Å². The minimum absolute atomic E-state index is 0.0158. The Hall–Kier alpha value is -4.24. The van der Waals surface area contributed by atoms with E-state index in [2.05, 4.69) is 10.3 Å². The van der Waals surface area contributed by atoms with Crippen LogP contribution in [0.2, 0.25) is 5.02 Å². The Morgan fingerprint density at radius 2 is 1.95 bits per heavy atom. The van der Waals surface area contributed by atoms with Gasteiger partial charge in [-0.2, -0.15) is 0 Å². The van der Waals surface area contributed by atoms with Crippen molar-refractivity contribution in [2.24, 2.45) is 5.92 Å². The molecule has 2 aliphatic heterocycles. The zero-order valence-electron chi connectivity index (χ0n) is 22.7. The SMILES string of the molecule is C[C@@H]1CCC[C@H](N2CCC(c3cccc(Cl)c3F)=CC2=O)c2ccnc(c2)-c2ccc(N(C)C(=O)O)cc2NC1=O. The highest BCUT2D eigenvalue weighted by molar-refractivity contribution is 6.31. The number of rotatable bonds is 3. The number of anilines is 2. The zero-order chi connectivity index (χ0) is 29.3. The highest BCUT2D eigenvalue weighted by Gasteiger charge is 2.30. The van der Waals surface area contributed by atoms with E-state index in [4.69, 9.17) is 11.6 Å². The van der Waals surface area contributed by atoms with E-state index in [0.717, 1.165) is 10.5 Å². The number of pyridine rings is 1. The standard InChI is InChI=1S/C31H30ClFN4O4/c1-18-5-3-8-27(37-14-12-19(16-28(37)38)22-6-4-7-24(32)29(22)33)20-11-13-34-25(15-20)23-10-9-21(36(2)31(40)41)17-26(23)35-30(18)39/h4,6-7,9-11,13,15-18,27H,3,5,8,12,14H2,1-2H3,(H,35,39)(H,40,41)/t18-,27+/m1/s1. The van der Waals surface area contributed by atoms with Crippen LogP contribution in [0.1, 0.15) is 49.8 Å². The molecular weight excluding hydrogens is 547 g/mol. The lowest BCUT2D eigenvalue weighted by molar-refractivity contribution is -0.129. The fraction of sp³-hybridized carbons (Fsp3) is 0.290. The van der Waals surface area contributed by atoms with Gasteiger partial charge in [0.1, 0.15) is 5.82 Å². The van der Waals surface area contributed by atoms with Gasteiger partial charge < -0.3 is 15.3 Å². The molecule has 41 heavy (non-hydrogen) atoms. The van der Waals surface area contributed by atoms with Crippen molar-refractivity contribution >= 4 is 46.5 Å². The average molecular weight is 577 g/mol. The van der Waals surface area contributed by atoms with Crippen molar-refractivity contribution in [1.82, 2.24) is 9.88 Å². The molecule has 10 heteroatoms. The predicted molar refractivity (Wildman–Crippen MR) is 156 cm³/mol. The van der Waals surface area contributed by atoms with E-state index in [1.807, 2.05) is 19.1 Å². The third-order valence-electron chi connectivity index (χ3n) is 7.82. The number of hydrogen-bond donors (Lipinski definition) is 2. The summed E-state index contributed by atoms with van der Waals surface area (Å²) in [6.07, 6.45) is 4.43. The molecular formula is C31H30ClFN4O4. The molecule has 2 N–H and O–H groups in total. The van der Waals surface area contributed by atoms with E-state index >= 15 is 0 Å². The van der Waals surface area contributed by atoms with Gasteiger partial charge in [-0.15, -0.1) is 0 Å². The van der Waals surface area contributed by atoms with Gasteiger partial charge >= 0.3 is 6.09 Å². The van der Waals surface area contributed by atoms with Crippen LogP contribution in [-0.4, -0.2) is 46.5 Å². The first kappa shape index (κ1) is 28.3. The molecule has 2 aliphatic rings. The van der Waals surface area contributed by atoms with E-state index in [-0.39, 0.29) is 28.8 Å². The minimum atomic E-state index is -1.12. The van der Waals surface area contributed by atoms with E-state index in [1.54, 1.807) is 41.4 Å². The highest BCUT2D eigenvalue weighted by atomic mass is 35.5. The molecule has 0 fully saturated rings. The van der Waals surface area contributed by atoms with Crippen molar-refractivity contribution in [1.29, 1.82) is 0 Å². The van der Waals surface area contributed by atoms with Gasteiger partial charge in [0, 0.05) is 48.6 Å². The summed E-state index contributed by atoms with van der Waals surface area (Å²) in [7, 11) is 1.43. The molecule has 8 nitrogen and oxygen atoms in total. The molecule has 0 unspecified atom stereocenters. The molecule has 0 spiro atoms. The number of aromatic nitrogens is 1. The van der Waals surface area contributed by atoms with E-state index in [1.165, 1.54) is 19.2 Å². The molecule has 0 aliphatic carbocycles. The second-order valence-electron chi connectivity index (χ2n) is 10.4. The maximum atomic E-state index is 14.7. The van der Waals surface area contributed by atoms with Crippen LogP contribution in [0.4, 0.5) is 20.6 Å².